The summed E-state index contributed by atoms with van der Waals surface area (Å²) < 4.78 is 5.23. The maximum absolute atomic E-state index is 12.5. The van der Waals surface area contributed by atoms with Gasteiger partial charge in [0.15, 0.2) is 0 Å². The fraction of sp³-hybridized carbons (Fsp3) is 0.0667. The summed E-state index contributed by atoms with van der Waals surface area (Å²) in [5, 5.41) is 6.43. The lowest BCUT2D eigenvalue weighted by Crippen LogP contribution is -2.21. The molecule has 6 heteroatoms. The van der Waals surface area contributed by atoms with Crippen molar-refractivity contribution in [2.24, 2.45) is 5.10 Å². The van der Waals surface area contributed by atoms with Gasteiger partial charge >= 0.3 is 0 Å². The lowest BCUT2D eigenvalue weighted by molar-refractivity contribution is -0.114. The van der Waals surface area contributed by atoms with Gasteiger partial charge in [0.25, 0.3) is 5.91 Å². The molecule has 1 aliphatic heterocycles. The van der Waals surface area contributed by atoms with Gasteiger partial charge in [0.05, 0.1) is 23.2 Å². The highest BCUT2D eigenvalue weighted by molar-refractivity contribution is 6.36. The van der Waals surface area contributed by atoms with Crippen LogP contribution in [0.15, 0.2) is 51.7 Å². The molecular weight excluding hydrogens is 311 g/mol. The summed E-state index contributed by atoms with van der Waals surface area (Å²) >= 11 is 11.9. The third-order valence-corrected chi connectivity index (χ3v) is 3.42. The van der Waals surface area contributed by atoms with E-state index in [1.807, 2.05) is 0 Å². The number of rotatable bonds is 2. The highest BCUT2D eigenvalue weighted by Gasteiger charge is 2.29. The normalized spacial score (nSPS) is 16.7. The molecule has 0 aliphatic carbocycles. The predicted octanol–water partition coefficient (Wildman–Crippen LogP) is 4.39. The zero-order valence-corrected chi connectivity index (χ0v) is 12.5. The van der Waals surface area contributed by atoms with Crippen molar-refractivity contribution >= 4 is 46.6 Å². The number of benzene rings is 1. The van der Waals surface area contributed by atoms with Gasteiger partial charge in [-0.1, -0.05) is 23.2 Å². The average Bonchev–Trinajstić information content (AvgIpc) is 3.01. The second-order valence-corrected chi connectivity index (χ2v) is 5.38. The van der Waals surface area contributed by atoms with Crippen LogP contribution in [0.1, 0.15) is 12.7 Å². The maximum atomic E-state index is 12.5. The zero-order chi connectivity index (χ0) is 15.0. The number of hydrazone groups is 1. The molecule has 0 saturated carbocycles. The number of furan rings is 1. The third kappa shape index (κ3) is 2.73. The summed E-state index contributed by atoms with van der Waals surface area (Å²) in [6, 6.07) is 8.40. The van der Waals surface area contributed by atoms with Crippen molar-refractivity contribution in [3.05, 3.63) is 58.0 Å². The predicted molar refractivity (Wildman–Crippen MR) is 83.7 cm³/mol. The van der Waals surface area contributed by atoms with Crippen molar-refractivity contribution in [1.29, 1.82) is 0 Å². The molecule has 1 amide bonds. The summed E-state index contributed by atoms with van der Waals surface area (Å²) in [5.74, 6) is 0.348. The monoisotopic (exact) mass is 320 g/mol. The molecule has 0 fully saturated rings. The number of amides is 1. The second-order valence-electron chi connectivity index (χ2n) is 4.50. The summed E-state index contributed by atoms with van der Waals surface area (Å²) in [4.78, 5) is 12.5. The van der Waals surface area contributed by atoms with E-state index in [2.05, 4.69) is 5.10 Å². The van der Waals surface area contributed by atoms with Crippen LogP contribution in [0.3, 0.4) is 0 Å². The van der Waals surface area contributed by atoms with Gasteiger partial charge in [-0.05, 0) is 43.3 Å². The summed E-state index contributed by atoms with van der Waals surface area (Å²) in [7, 11) is 0. The van der Waals surface area contributed by atoms with E-state index in [0.717, 1.165) is 0 Å². The maximum Gasteiger partial charge on any atom is 0.280 e. The molecule has 0 bridgehead atoms. The van der Waals surface area contributed by atoms with Gasteiger partial charge in [-0.2, -0.15) is 10.1 Å². The largest absolute Gasteiger partial charge is 0.465 e. The van der Waals surface area contributed by atoms with Crippen molar-refractivity contribution in [2.75, 3.05) is 5.01 Å². The summed E-state index contributed by atoms with van der Waals surface area (Å²) in [5.41, 5.74) is 1.60. The van der Waals surface area contributed by atoms with E-state index in [-0.39, 0.29) is 5.91 Å². The average molecular weight is 321 g/mol. The Hall–Kier alpha value is -2.04. The Labute approximate surface area is 131 Å². The van der Waals surface area contributed by atoms with Crippen molar-refractivity contribution in [3.63, 3.8) is 0 Å². The molecule has 21 heavy (non-hydrogen) atoms. The molecule has 4 nitrogen and oxygen atoms in total. The topological polar surface area (TPSA) is 45.8 Å². The molecule has 106 valence electrons. The molecule has 1 aromatic carbocycles. The zero-order valence-electron chi connectivity index (χ0n) is 11.0. The fourth-order valence-corrected chi connectivity index (χ4v) is 2.55. The number of nitrogens with zero attached hydrogens (tertiary/aromatic N) is 2. The number of anilines is 1. The molecule has 0 atom stereocenters. The van der Waals surface area contributed by atoms with Crippen LogP contribution >= 0.6 is 23.2 Å². The highest BCUT2D eigenvalue weighted by atomic mass is 35.5. The Bertz CT molecular complexity index is 744. The van der Waals surface area contributed by atoms with Crippen LogP contribution in [0, 0.1) is 0 Å². The minimum absolute atomic E-state index is 0.248. The first-order valence-electron chi connectivity index (χ1n) is 6.16. The van der Waals surface area contributed by atoms with Crippen molar-refractivity contribution in [3.8, 4) is 0 Å². The van der Waals surface area contributed by atoms with Crippen LogP contribution in [0.5, 0.6) is 0 Å². The molecule has 0 unspecified atom stereocenters. The van der Waals surface area contributed by atoms with Crippen LogP contribution in [0.4, 0.5) is 5.69 Å². The van der Waals surface area contributed by atoms with Crippen LogP contribution in [0.2, 0.25) is 10.0 Å². The van der Waals surface area contributed by atoms with E-state index >= 15 is 0 Å². The first kappa shape index (κ1) is 13.9. The van der Waals surface area contributed by atoms with E-state index < -0.39 is 0 Å². The lowest BCUT2D eigenvalue weighted by Gasteiger charge is -2.12. The lowest BCUT2D eigenvalue weighted by atomic mass is 10.1. The highest BCUT2D eigenvalue weighted by Crippen LogP contribution is 2.30. The summed E-state index contributed by atoms with van der Waals surface area (Å²) in [6.45, 7) is 1.76. The number of hydrogen-bond acceptors (Lipinski definition) is 3. The molecule has 0 radical (unpaired) electrons. The van der Waals surface area contributed by atoms with E-state index in [9.17, 15) is 4.79 Å². The second kappa shape index (κ2) is 5.39. The smallest absolute Gasteiger partial charge is 0.280 e. The molecule has 0 spiro atoms. The van der Waals surface area contributed by atoms with Crippen LogP contribution in [0.25, 0.3) is 6.08 Å². The van der Waals surface area contributed by atoms with Gasteiger partial charge in [-0.15, -0.1) is 0 Å². The Morgan fingerprint density at radius 1 is 1.24 bits per heavy atom. The quantitative estimate of drug-likeness (QED) is 0.770. The van der Waals surface area contributed by atoms with Crippen molar-refractivity contribution < 1.29 is 9.21 Å². The van der Waals surface area contributed by atoms with Crippen molar-refractivity contribution in [2.45, 2.75) is 6.92 Å². The van der Waals surface area contributed by atoms with Gasteiger partial charge in [-0.25, -0.2) is 0 Å². The van der Waals surface area contributed by atoms with E-state index in [0.29, 0.717) is 32.8 Å². The Morgan fingerprint density at radius 2 is 1.95 bits per heavy atom. The molecule has 3 rings (SSSR count). The van der Waals surface area contributed by atoms with Crippen LogP contribution in [-0.2, 0) is 4.79 Å². The summed E-state index contributed by atoms with van der Waals surface area (Å²) in [6.07, 6.45) is 3.21. The Balaban J connectivity index is 1.99. The van der Waals surface area contributed by atoms with E-state index in [4.69, 9.17) is 27.6 Å². The van der Waals surface area contributed by atoms with Crippen molar-refractivity contribution in [1.82, 2.24) is 0 Å². The Morgan fingerprint density at radius 3 is 2.57 bits per heavy atom. The molecule has 2 heterocycles. The molecule has 1 aliphatic rings. The molecule has 0 saturated heterocycles. The molecule has 2 aromatic rings. The molecule has 1 aromatic heterocycles. The number of hydrogen-bond donors (Lipinski definition) is 0. The molecular formula is C15H10Cl2N2O2. The van der Waals surface area contributed by atoms with Gasteiger partial charge in [0.2, 0.25) is 0 Å². The standard InChI is InChI=1S/C15H10Cl2N2O2/c1-9-14(8-13-3-2-4-21-13)15(20)19(18-9)12-6-10(16)5-11(17)7-12/h2-8H,1H3/b14-8+. The van der Waals surface area contributed by atoms with Gasteiger partial charge in [0.1, 0.15) is 5.76 Å². The minimum atomic E-state index is -0.248. The first-order valence-corrected chi connectivity index (χ1v) is 6.91. The Kier molecular flexibility index (Phi) is 3.57. The van der Waals surface area contributed by atoms with E-state index in [1.54, 1.807) is 49.6 Å². The van der Waals surface area contributed by atoms with Crippen LogP contribution in [-0.4, -0.2) is 11.6 Å². The van der Waals surface area contributed by atoms with Crippen LogP contribution < -0.4 is 5.01 Å². The molecule has 0 N–H and O–H groups in total. The fourth-order valence-electron chi connectivity index (χ4n) is 2.04. The third-order valence-electron chi connectivity index (χ3n) is 2.98. The van der Waals surface area contributed by atoms with Gasteiger partial charge < -0.3 is 4.42 Å². The number of carbonyl (C=O) groups excluding carboxylic acids is 1. The van der Waals surface area contributed by atoms with E-state index in [1.165, 1.54) is 5.01 Å². The first-order chi connectivity index (χ1) is 10.0. The number of carbonyl (C=O) groups is 1. The van der Waals surface area contributed by atoms with Gasteiger partial charge in [-0.3, -0.25) is 4.79 Å². The van der Waals surface area contributed by atoms with Gasteiger partial charge in [0, 0.05) is 10.0 Å². The minimum Gasteiger partial charge on any atom is -0.465 e. The number of halogens is 2. The SMILES string of the molecule is CC1=NN(c2cc(Cl)cc(Cl)c2)C(=O)/C1=C/c1ccco1.